The van der Waals surface area contributed by atoms with Crippen molar-refractivity contribution in [3.63, 3.8) is 0 Å². The van der Waals surface area contributed by atoms with Gasteiger partial charge in [-0.25, -0.2) is 0 Å². The summed E-state index contributed by atoms with van der Waals surface area (Å²) >= 11 is 5.09. The lowest BCUT2D eigenvalue weighted by Crippen LogP contribution is -2.38. The number of thiocarbonyl (C=S) groups is 1. The Bertz CT molecular complexity index is 532. The second-order valence-corrected chi connectivity index (χ2v) is 5.36. The standard InChI is InChI=1S/C16H20N2O2S/c19-15(9-8-14-7-4-12-20-14)18-16(21)17-11-10-13-5-2-1-3-6-13/h4-5,7-9,12H,1-3,6,10-11H2,(H2,17,18,19,21). The molecule has 112 valence electrons. The van der Waals surface area contributed by atoms with Gasteiger partial charge in [0.05, 0.1) is 6.26 Å². The van der Waals surface area contributed by atoms with Crippen LogP contribution in [0.1, 0.15) is 37.9 Å². The second-order valence-electron chi connectivity index (χ2n) is 4.95. The van der Waals surface area contributed by atoms with Crippen LogP contribution >= 0.6 is 12.2 Å². The van der Waals surface area contributed by atoms with Crippen molar-refractivity contribution in [2.75, 3.05) is 6.54 Å². The SMILES string of the molecule is O=C(C=Cc1ccco1)NC(=S)NCCC1=CCCCC1. The Balaban J connectivity index is 1.64. The molecule has 1 aromatic heterocycles. The van der Waals surface area contributed by atoms with Gasteiger partial charge in [0.15, 0.2) is 5.11 Å². The number of furan rings is 1. The van der Waals surface area contributed by atoms with E-state index in [0.29, 0.717) is 10.9 Å². The summed E-state index contributed by atoms with van der Waals surface area (Å²) in [7, 11) is 0. The highest BCUT2D eigenvalue weighted by molar-refractivity contribution is 7.80. The Morgan fingerprint density at radius 1 is 1.43 bits per heavy atom. The molecule has 21 heavy (non-hydrogen) atoms. The van der Waals surface area contributed by atoms with E-state index in [4.69, 9.17) is 16.6 Å². The molecule has 0 atom stereocenters. The normalized spacial score (nSPS) is 14.8. The van der Waals surface area contributed by atoms with Gasteiger partial charge < -0.3 is 9.73 Å². The third kappa shape index (κ3) is 5.95. The molecular weight excluding hydrogens is 284 g/mol. The molecule has 2 rings (SSSR count). The van der Waals surface area contributed by atoms with Gasteiger partial charge in [0.25, 0.3) is 0 Å². The van der Waals surface area contributed by atoms with Crippen LogP contribution in [-0.2, 0) is 4.79 Å². The zero-order valence-corrected chi connectivity index (χ0v) is 12.7. The van der Waals surface area contributed by atoms with Crippen LogP contribution in [-0.4, -0.2) is 17.6 Å². The number of carbonyl (C=O) groups excluding carboxylic acids is 1. The van der Waals surface area contributed by atoms with Crippen molar-refractivity contribution in [2.45, 2.75) is 32.1 Å². The Morgan fingerprint density at radius 3 is 3.05 bits per heavy atom. The first-order valence-corrected chi connectivity index (χ1v) is 7.63. The van der Waals surface area contributed by atoms with E-state index in [2.05, 4.69) is 16.7 Å². The number of carbonyl (C=O) groups is 1. The van der Waals surface area contributed by atoms with Gasteiger partial charge in [-0.05, 0) is 62.5 Å². The number of rotatable bonds is 5. The highest BCUT2D eigenvalue weighted by Crippen LogP contribution is 2.19. The van der Waals surface area contributed by atoms with Crippen molar-refractivity contribution >= 4 is 29.3 Å². The largest absolute Gasteiger partial charge is 0.465 e. The maximum absolute atomic E-state index is 11.6. The van der Waals surface area contributed by atoms with E-state index in [1.54, 1.807) is 24.5 Å². The number of allylic oxidation sites excluding steroid dienone is 1. The summed E-state index contributed by atoms with van der Waals surface area (Å²) in [6, 6.07) is 3.54. The lowest BCUT2D eigenvalue weighted by Gasteiger charge is -2.13. The summed E-state index contributed by atoms with van der Waals surface area (Å²) in [5, 5.41) is 6.03. The van der Waals surface area contributed by atoms with Gasteiger partial charge in [-0.2, -0.15) is 0 Å². The Hall–Kier alpha value is -1.88. The zero-order valence-electron chi connectivity index (χ0n) is 11.9. The van der Waals surface area contributed by atoms with Gasteiger partial charge >= 0.3 is 0 Å². The van der Waals surface area contributed by atoms with Gasteiger partial charge in [0.2, 0.25) is 5.91 Å². The zero-order chi connectivity index (χ0) is 14.9. The number of hydrogen-bond acceptors (Lipinski definition) is 3. The highest BCUT2D eigenvalue weighted by Gasteiger charge is 2.04. The molecule has 0 unspecified atom stereocenters. The lowest BCUT2D eigenvalue weighted by molar-refractivity contribution is -0.115. The maximum Gasteiger partial charge on any atom is 0.250 e. The molecule has 1 heterocycles. The molecule has 0 bridgehead atoms. The quantitative estimate of drug-likeness (QED) is 0.498. The third-order valence-electron chi connectivity index (χ3n) is 3.30. The molecule has 0 aromatic carbocycles. The molecule has 1 aromatic rings. The van der Waals surface area contributed by atoms with Crippen molar-refractivity contribution in [1.82, 2.24) is 10.6 Å². The van der Waals surface area contributed by atoms with Crippen LogP contribution in [0, 0.1) is 0 Å². The van der Waals surface area contributed by atoms with Crippen molar-refractivity contribution < 1.29 is 9.21 Å². The monoisotopic (exact) mass is 304 g/mol. The summed E-state index contributed by atoms with van der Waals surface area (Å²) in [6.07, 6.45) is 12.8. The Labute approximate surface area is 130 Å². The summed E-state index contributed by atoms with van der Waals surface area (Å²) in [6.45, 7) is 0.757. The van der Waals surface area contributed by atoms with E-state index >= 15 is 0 Å². The molecule has 1 aliphatic rings. The molecule has 0 saturated heterocycles. The predicted molar refractivity (Wildman–Crippen MR) is 87.7 cm³/mol. The van der Waals surface area contributed by atoms with E-state index in [0.717, 1.165) is 13.0 Å². The average Bonchev–Trinajstić information content (AvgIpc) is 2.99. The van der Waals surface area contributed by atoms with Crippen LogP contribution in [0.15, 0.2) is 40.5 Å². The molecule has 1 aliphatic carbocycles. The van der Waals surface area contributed by atoms with Crippen LogP contribution in [0.4, 0.5) is 0 Å². The van der Waals surface area contributed by atoms with Crippen LogP contribution < -0.4 is 10.6 Å². The third-order valence-corrected chi connectivity index (χ3v) is 3.54. The fourth-order valence-corrected chi connectivity index (χ4v) is 2.41. The maximum atomic E-state index is 11.6. The molecule has 0 radical (unpaired) electrons. The minimum absolute atomic E-state index is 0.263. The number of hydrogen-bond donors (Lipinski definition) is 2. The number of amides is 1. The Morgan fingerprint density at radius 2 is 2.33 bits per heavy atom. The van der Waals surface area contributed by atoms with Crippen molar-refractivity contribution in [1.29, 1.82) is 0 Å². The fourth-order valence-electron chi connectivity index (χ4n) is 2.21. The van der Waals surface area contributed by atoms with Gasteiger partial charge in [0, 0.05) is 12.6 Å². The molecule has 0 aliphatic heterocycles. The first-order chi connectivity index (χ1) is 10.2. The first-order valence-electron chi connectivity index (χ1n) is 7.22. The smallest absolute Gasteiger partial charge is 0.250 e. The minimum atomic E-state index is -0.263. The van der Waals surface area contributed by atoms with E-state index in [9.17, 15) is 4.79 Å². The molecular formula is C16H20N2O2S. The topological polar surface area (TPSA) is 54.3 Å². The minimum Gasteiger partial charge on any atom is -0.465 e. The van der Waals surface area contributed by atoms with Crippen LogP contribution in [0.2, 0.25) is 0 Å². The van der Waals surface area contributed by atoms with Gasteiger partial charge in [-0.1, -0.05) is 11.6 Å². The van der Waals surface area contributed by atoms with Crippen LogP contribution in [0.3, 0.4) is 0 Å². The van der Waals surface area contributed by atoms with E-state index in [1.165, 1.54) is 37.3 Å². The molecule has 0 spiro atoms. The van der Waals surface area contributed by atoms with Gasteiger partial charge in [-0.15, -0.1) is 0 Å². The number of nitrogens with one attached hydrogen (secondary N) is 2. The summed E-state index contributed by atoms with van der Waals surface area (Å²) in [5.41, 5.74) is 1.49. The molecule has 0 saturated carbocycles. The van der Waals surface area contributed by atoms with Crippen molar-refractivity contribution in [3.05, 3.63) is 41.9 Å². The summed E-state index contributed by atoms with van der Waals surface area (Å²) < 4.78 is 5.10. The van der Waals surface area contributed by atoms with Crippen LogP contribution in [0.5, 0.6) is 0 Å². The van der Waals surface area contributed by atoms with Crippen LogP contribution in [0.25, 0.3) is 6.08 Å². The van der Waals surface area contributed by atoms with E-state index < -0.39 is 0 Å². The summed E-state index contributed by atoms with van der Waals surface area (Å²) in [5.74, 6) is 0.369. The van der Waals surface area contributed by atoms with Gasteiger partial charge in [0.1, 0.15) is 5.76 Å². The molecule has 4 nitrogen and oxygen atoms in total. The molecule has 1 amide bonds. The first kappa shape index (κ1) is 15.5. The van der Waals surface area contributed by atoms with Gasteiger partial charge in [-0.3, -0.25) is 10.1 Å². The highest BCUT2D eigenvalue weighted by atomic mass is 32.1. The summed E-state index contributed by atoms with van der Waals surface area (Å²) in [4.78, 5) is 11.6. The fraction of sp³-hybridized carbons (Fsp3) is 0.375. The molecule has 2 N–H and O–H groups in total. The predicted octanol–water partition coefficient (Wildman–Crippen LogP) is 3.17. The average molecular weight is 304 g/mol. The Kier molecular flexibility index (Phi) is 6.22. The van der Waals surface area contributed by atoms with E-state index in [1.807, 2.05) is 0 Å². The van der Waals surface area contributed by atoms with Crippen molar-refractivity contribution in [2.24, 2.45) is 0 Å². The molecule has 5 heteroatoms. The second kappa shape index (κ2) is 8.42. The lowest BCUT2D eigenvalue weighted by atomic mass is 9.97. The van der Waals surface area contributed by atoms with Crippen molar-refractivity contribution in [3.8, 4) is 0 Å². The van der Waals surface area contributed by atoms with E-state index in [-0.39, 0.29) is 5.91 Å². The molecule has 0 fully saturated rings.